The number of hydrogen-bond acceptors (Lipinski definition) is 4. The Morgan fingerprint density at radius 3 is 2.88 bits per heavy atom. The molecule has 0 aliphatic rings. The summed E-state index contributed by atoms with van der Waals surface area (Å²) in [7, 11) is 1.38. The van der Waals surface area contributed by atoms with Gasteiger partial charge in [-0.3, -0.25) is 4.79 Å². The Balaban J connectivity index is 2.75. The molecule has 0 bridgehead atoms. The summed E-state index contributed by atoms with van der Waals surface area (Å²) in [6, 6.07) is 1.78. The minimum absolute atomic E-state index is 0.239. The normalized spacial score (nSPS) is 10.1. The van der Waals surface area contributed by atoms with Crippen LogP contribution in [0.15, 0.2) is 16.7 Å². The summed E-state index contributed by atoms with van der Waals surface area (Å²) < 4.78 is 5.43. The van der Waals surface area contributed by atoms with Crippen molar-refractivity contribution >= 4 is 39.3 Å². The summed E-state index contributed by atoms with van der Waals surface area (Å²) in [4.78, 5) is 17.3. The molecule has 0 aliphatic carbocycles. The molecule has 0 fully saturated rings. The minimum Gasteiger partial charge on any atom is -0.469 e. The maximum absolute atomic E-state index is 11.1. The van der Waals surface area contributed by atoms with Gasteiger partial charge in [0.05, 0.1) is 18.6 Å². The second kappa shape index (κ2) is 6.81. The van der Waals surface area contributed by atoms with Gasteiger partial charge < -0.3 is 9.64 Å². The average molecular weight is 322 g/mol. The lowest BCUT2D eigenvalue weighted by molar-refractivity contribution is -0.140. The zero-order chi connectivity index (χ0) is 12.8. The number of rotatable bonds is 5. The highest BCUT2D eigenvalue weighted by molar-refractivity contribution is 9.10. The van der Waals surface area contributed by atoms with Gasteiger partial charge in [-0.2, -0.15) is 0 Å². The fraction of sp³-hybridized carbons (Fsp3) is 0.455. The van der Waals surface area contributed by atoms with Crippen LogP contribution in [-0.2, 0) is 9.53 Å². The summed E-state index contributed by atoms with van der Waals surface area (Å²) in [5, 5.41) is 0.561. The minimum atomic E-state index is -0.239. The first kappa shape index (κ1) is 14.3. The molecule has 0 spiro atoms. The van der Waals surface area contributed by atoms with E-state index in [1.54, 1.807) is 12.3 Å². The molecule has 4 nitrogen and oxygen atoms in total. The molecule has 0 unspecified atom stereocenters. The number of esters is 1. The van der Waals surface area contributed by atoms with Gasteiger partial charge in [0, 0.05) is 23.8 Å². The number of carbonyl (C=O) groups is 1. The van der Waals surface area contributed by atoms with Gasteiger partial charge in [0.15, 0.2) is 0 Å². The van der Waals surface area contributed by atoms with Crippen molar-refractivity contribution in [1.82, 2.24) is 4.98 Å². The van der Waals surface area contributed by atoms with E-state index >= 15 is 0 Å². The van der Waals surface area contributed by atoms with E-state index in [4.69, 9.17) is 11.6 Å². The molecule has 6 heteroatoms. The van der Waals surface area contributed by atoms with Crippen molar-refractivity contribution in [1.29, 1.82) is 0 Å². The van der Waals surface area contributed by atoms with Crippen LogP contribution in [0.5, 0.6) is 0 Å². The number of hydrogen-bond donors (Lipinski definition) is 0. The highest BCUT2D eigenvalue weighted by Crippen LogP contribution is 2.26. The lowest BCUT2D eigenvalue weighted by Crippen LogP contribution is -2.27. The second-order valence-corrected chi connectivity index (χ2v) is 4.69. The number of anilines is 1. The summed E-state index contributed by atoms with van der Waals surface area (Å²) in [5.41, 5.74) is 0. The van der Waals surface area contributed by atoms with Crippen LogP contribution < -0.4 is 4.90 Å². The van der Waals surface area contributed by atoms with Gasteiger partial charge in [0.25, 0.3) is 0 Å². The maximum Gasteiger partial charge on any atom is 0.307 e. The average Bonchev–Trinajstić information content (AvgIpc) is 2.31. The molecule has 0 aromatic carbocycles. The Morgan fingerprint density at radius 2 is 2.35 bits per heavy atom. The summed E-state index contributed by atoms with van der Waals surface area (Å²) >= 11 is 9.40. The molecule has 0 amide bonds. The molecule has 0 radical (unpaired) electrons. The molecule has 0 atom stereocenters. The second-order valence-electron chi connectivity index (χ2n) is 3.36. The molecule has 1 aromatic heterocycles. The molecule has 1 heterocycles. The molecular formula is C11H14BrClN2O2. The molecule has 0 aliphatic heterocycles. The maximum atomic E-state index is 11.1. The Morgan fingerprint density at radius 1 is 1.65 bits per heavy atom. The van der Waals surface area contributed by atoms with E-state index in [0.717, 1.165) is 11.0 Å². The molecule has 1 aromatic rings. The van der Waals surface area contributed by atoms with E-state index in [1.165, 1.54) is 7.11 Å². The predicted octanol–water partition coefficient (Wildman–Crippen LogP) is 2.89. The number of carbonyl (C=O) groups excluding carboxylic acids is 1. The summed E-state index contributed by atoms with van der Waals surface area (Å²) in [5.74, 6) is 0.443. The zero-order valence-corrected chi connectivity index (χ0v) is 12.1. The quantitative estimate of drug-likeness (QED) is 0.782. The Bertz CT molecular complexity index is 401. The molecule has 0 saturated carbocycles. The largest absolute Gasteiger partial charge is 0.469 e. The third-order valence-corrected chi connectivity index (χ3v) is 2.99. The van der Waals surface area contributed by atoms with Crippen molar-refractivity contribution in [3.8, 4) is 0 Å². The van der Waals surface area contributed by atoms with E-state index in [-0.39, 0.29) is 5.97 Å². The zero-order valence-electron chi connectivity index (χ0n) is 9.74. The number of ether oxygens (including phenoxy) is 1. The van der Waals surface area contributed by atoms with Gasteiger partial charge in [-0.05, 0) is 28.9 Å². The first-order valence-corrected chi connectivity index (χ1v) is 6.38. The van der Waals surface area contributed by atoms with E-state index < -0.39 is 0 Å². The lowest BCUT2D eigenvalue weighted by atomic mass is 10.3. The van der Waals surface area contributed by atoms with Crippen LogP contribution in [0.4, 0.5) is 5.82 Å². The van der Waals surface area contributed by atoms with Gasteiger partial charge >= 0.3 is 5.97 Å². The van der Waals surface area contributed by atoms with Crippen LogP contribution >= 0.6 is 27.5 Å². The lowest BCUT2D eigenvalue weighted by Gasteiger charge is -2.22. The number of aromatic nitrogens is 1. The third-order valence-electron chi connectivity index (χ3n) is 2.28. The van der Waals surface area contributed by atoms with Gasteiger partial charge in [-0.25, -0.2) is 4.98 Å². The van der Waals surface area contributed by atoms with Crippen LogP contribution in [0.1, 0.15) is 13.3 Å². The smallest absolute Gasteiger partial charge is 0.307 e. The van der Waals surface area contributed by atoms with Gasteiger partial charge in [-0.15, -0.1) is 0 Å². The van der Waals surface area contributed by atoms with E-state index in [1.807, 2.05) is 11.8 Å². The molecule has 17 heavy (non-hydrogen) atoms. The number of nitrogens with zero attached hydrogens (tertiary/aromatic N) is 2. The Kier molecular flexibility index (Phi) is 5.71. The first-order valence-electron chi connectivity index (χ1n) is 5.21. The standard InChI is InChI=1S/C11H14BrClN2O2/c1-3-15(5-4-10(16)17-2)11-9(13)6-8(12)7-14-11/h6-7H,3-5H2,1-2H3. The van der Waals surface area contributed by atoms with E-state index in [9.17, 15) is 4.79 Å². The molecule has 94 valence electrons. The van der Waals surface area contributed by atoms with E-state index in [2.05, 4.69) is 25.7 Å². The van der Waals surface area contributed by atoms with E-state index in [0.29, 0.717) is 23.8 Å². The van der Waals surface area contributed by atoms with Crippen molar-refractivity contribution in [3.63, 3.8) is 0 Å². The molecule has 1 rings (SSSR count). The highest BCUT2D eigenvalue weighted by Gasteiger charge is 2.12. The Hall–Kier alpha value is -0.810. The van der Waals surface area contributed by atoms with Crippen molar-refractivity contribution < 1.29 is 9.53 Å². The van der Waals surface area contributed by atoms with Crippen LogP contribution in [0.2, 0.25) is 5.02 Å². The topological polar surface area (TPSA) is 42.4 Å². The third kappa shape index (κ3) is 4.16. The molecular weight excluding hydrogens is 307 g/mol. The highest BCUT2D eigenvalue weighted by atomic mass is 79.9. The van der Waals surface area contributed by atoms with Crippen molar-refractivity contribution in [2.24, 2.45) is 0 Å². The van der Waals surface area contributed by atoms with Crippen LogP contribution in [0.3, 0.4) is 0 Å². The van der Waals surface area contributed by atoms with Crippen LogP contribution in [0.25, 0.3) is 0 Å². The molecule has 0 N–H and O–H groups in total. The van der Waals surface area contributed by atoms with Gasteiger partial charge in [-0.1, -0.05) is 11.6 Å². The summed E-state index contributed by atoms with van der Waals surface area (Å²) in [6.07, 6.45) is 2.00. The van der Waals surface area contributed by atoms with Crippen LogP contribution in [-0.4, -0.2) is 31.2 Å². The first-order chi connectivity index (χ1) is 8.08. The fourth-order valence-electron chi connectivity index (χ4n) is 1.38. The monoisotopic (exact) mass is 320 g/mol. The number of pyridine rings is 1. The Labute approximate surface area is 114 Å². The SMILES string of the molecule is CCN(CCC(=O)OC)c1ncc(Br)cc1Cl. The number of methoxy groups -OCH3 is 1. The summed E-state index contributed by atoms with van der Waals surface area (Å²) in [6.45, 7) is 3.25. The van der Waals surface area contributed by atoms with Crippen molar-refractivity contribution in [2.45, 2.75) is 13.3 Å². The molecule has 0 saturated heterocycles. The number of halogens is 2. The van der Waals surface area contributed by atoms with Crippen molar-refractivity contribution in [3.05, 3.63) is 21.8 Å². The van der Waals surface area contributed by atoms with Gasteiger partial charge in [0.1, 0.15) is 5.82 Å². The van der Waals surface area contributed by atoms with Gasteiger partial charge in [0.2, 0.25) is 0 Å². The fourth-order valence-corrected chi connectivity index (χ4v) is 2.13. The van der Waals surface area contributed by atoms with Crippen molar-refractivity contribution in [2.75, 3.05) is 25.1 Å². The van der Waals surface area contributed by atoms with Crippen LogP contribution in [0, 0.1) is 0 Å². The predicted molar refractivity (Wildman–Crippen MR) is 71.5 cm³/mol.